The quantitative estimate of drug-likeness (QED) is 0.585. The minimum atomic E-state index is -0.192. The topological polar surface area (TPSA) is 72.3 Å². The summed E-state index contributed by atoms with van der Waals surface area (Å²) in [4.78, 5) is 0. The van der Waals surface area contributed by atoms with Crippen LogP contribution in [0, 0.1) is 5.92 Å². The van der Waals surface area contributed by atoms with Gasteiger partial charge in [0.2, 0.25) is 0 Å². The van der Waals surface area contributed by atoms with Crippen molar-refractivity contribution in [3.8, 4) is 5.75 Å². The van der Waals surface area contributed by atoms with Crippen LogP contribution in [0.2, 0.25) is 0 Å². The molecule has 84 valence electrons. The number of hydrogen-bond donors (Lipinski definition) is 3. The molecule has 1 aromatic rings. The van der Waals surface area contributed by atoms with Crippen LogP contribution in [0.5, 0.6) is 5.75 Å². The molecule has 0 fully saturated rings. The van der Waals surface area contributed by atoms with Gasteiger partial charge in [-0.1, -0.05) is 29.8 Å². The molecule has 0 aliphatic rings. The molecule has 0 aliphatic carbocycles. The molecule has 0 aromatic heterocycles. The fraction of sp³-hybridized carbons (Fsp3) is 0.455. The molecule has 15 heavy (non-hydrogen) atoms. The summed E-state index contributed by atoms with van der Waals surface area (Å²) >= 11 is 3.38. The van der Waals surface area contributed by atoms with Gasteiger partial charge in [0.25, 0.3) is 0 Å². The Morgan fingerprint density at radius 1 is 1.40 bits per heavy atom. The van der Waals surface area contributed by atoms with E-state index < -0.39 is 0 Å². The molecule has 4 heteroatoms. The van der Waals surface area contributed by atoms with Crippen LogP contribution in [-0.4, -0.2) is 5.11 Å². The molecule has 0 saturated carbocycles. The lowest BCUT2D eigenvalue weighted by Gasteiger charge is -2.18. The molecule has 1 atom stereocenters. The fourth-order valence-corrected chi connectivity index (χ4v) is 2.19. The molecule has 5 N–H and O–H groups in total. The average Bonchev–Trinajstić information content (AvgIpc) is 2.11. The smallest absolute Gasteiger partial charge is 0.144 e. The lowest BCUT2D eigenvalue weighted by atomic mass is 9.97. The highest BCUT2D eigenvalue weighted by atomic mass is 79.9. The summed E-state index contributed by atoms with van der Waals surface area (Å²) in [6.45, 7) is 4.19. The number of phenols is 1. The van der Waals surface area contributed by atoms with Crippen molar-refractivity contribution < 1.29 is 5.11 Å². The average molecular weight is 273 g/mol. The predicted octanol–water partition coefficient (Wildman–Crippen LogP) is 2.78. The van der Waals surface area contributed by atoms with Crippen LogP contribution < -0.4 is 11.5 Å². The van der Waals surface area contributed by atoms with E-state index in [1.165, 1.54) is 0 Å². The summed E-state index contributed by atoms with van der Waals surface area (Å²) in [5, 5.41) is 9.83. The zero-order chi connectivity index (χ0) is 11.6. The van der Waals surface area contributed by atoms with Crippen molar-refractivity contribution in [2.45, 2.75) is 26.3 Å². The van der Waals surface area contributed by atoms with Gasteiger partial charge in [-0.05, 0) is 24.5 Å². The summed E-state index contributed by atoms with van der Waals surface area (Å²) < 4.78 is 0.808. The van der Waals surface area contributed by atoms with Crippen LogP contribution in [0.15, 0.2) is 16.6 Å². The highest BCUT2D eigenvalue weighted by Gasteiger charge is 2.17. The molecule has 0 radical (unpaired) electrons. The Hall–Kier alpha value is -0.740. The SMILES string of the molecule is CC(C)C[C@@H](N)c1c(Br)ccc(N)c1O. The number of halogens is 1. The summed E-state index contributed by atoms with van der Waals surface area (Å²) in [6, 6.07) is 3.28. The molecule has 0 spiro atoms. The van der Waals surface area contributed by atoms with Crippen molar-refractivity contribution in [2.75, 3.05) is 5.73 Å². The maximum atomic E-state index is 9.83. The van der Waals surface area contributed by atoms with Crippen LogP contribution >= 0.6 is 15.9 Å². The molecule has 0 amide bonds. The van der Waals surface area contributed by atoms with Crippen LogP contribution in [0.3, 0.4) is 0 Å². The molecule has 0 unspecified atom stereocenters. The molecule has 0 heterocycles. The van der Waals surface area contributed by atoms with Crippen LogP contribution in [-0.2, 0) is 0 Å². The van der Waals surface area contributed by atoms with Gasteiger partial charge >= 0.3 is 0 Å². The first-order valence-corrected chi connectivity index (χ1v) is 5.75. The number of nitrogens with two attached hydrogens (primary N) is 2. The van der Waals surface area contributed by atoms with Gasteiger partial charge in [0, 0.05) is 16.1 Å². The normalized spacial score (nSPS) is 13.1. The van der Waals surface area contributed by atoms with Gasteiger partial charge in [-0.25, -0.2) is 0 Å². The second kappa shape index (κ2) is 4.86. The molecule has 3 nitrogen and oxygen atoms in total. The van der Waals surface area contributed by atoms with E-state index in [0.717, 1.165) is 10.9 Å². The minimum absolute atomic E-state index is 0.0949. The van der Waals surface area contributed by atoms with Crippen molar-refractivity contribution in [2.24, 2.45) is 11.7 Å². The van der Waals surface area contributed by atoms with Crippen molar-refractivity contribution in [3.63, 3.8) is 0 Å². The maximum Gasteiger partial charge on any atom is 0.144 e. The monoisotopic (exact) mass is 272 g/mol. The first-order valence-electron chi connectivity index (χ1n) is 4.96. The standard InChI is InChI=1S/C11H17BrN2O/c1-6(2)5-9(14)10-7(12)3-4-8(13)11(10)15/h3-4,6,9,15H,5,13-14H2,1-2H3/t9-/m1/s1. The Morgan fingerprint density at radius 3 is 2.53 bits per heavy atom. The molecule has 0 saturated heterocycles. The van der Waals surface area contributed by atoms with E-state index in [0.29, 0.717) is 17.2 Å². The lowest BCUT2D eigenvalue weighted by molar-refractivity contribution is 0.446. The second-order valence-electron chi connectivity index (χ2n) is 4.13. The number of aromatic hydroxyl groups is 1. The van der Waals surface area contributed by atoms with Gasteiger partial charge in [-0.3, -0.25) is 0 Å². The Morgan fingerprint density at radius 2 is 2.00 bits per heavy atom. The third kappa shape index (κ3) is 2.86. The second-order valence-corrected chi connectivity index (χ2v) is 4.99. The Labute approximate surface area is 98.6 Å². The van der Waals surface area contributed by atoms with Gasteiger partial charge in [0.15, 0.2) is 0 Å². The molecule has 1 rings (SSSR count). The van der Waals surface area contributed by atoms with E-state index in [-0.39, 0.29) is 11.8 Å². The van der Waals surface area contributed by atoms with Crippen molar-refractivity contribution in [1.29, 1.82) is 0 Å². The number of anilines is 1. The van der Waals surface area contributed by atoms with Gasteiger partial charge in [0.05, 0.1) is 5.69 Å². The van der Waals surface area contributed by atoms with Crippen LogP contribution in [0.1, 0.15) is 31.9 Å². The van der Waals surface area contributed by atoms with Gasteiger partial charge in [0.1, 0.15) is 5.75 Å². The third-order valence-electron chi connectivity index (χ3n) is 2.29. The van der Waals surface area contributed by atoms with E-state index >= 15 is 0 Å². The van der Waals surface area contributed by atoms with Gasteiger partial charge in [-0.15, -0.1) is 0 Å². The largest absolute Gasteiger partial charge is 0.505 e. The maximum absolute atomic E-state index is 9.83. The molecule has 0 aliphatic heterocycles. The Balaban J connectivity index is 3.07. The van der Waals surface area contributed by atoms with E-state index in [1.54, 1.807) is 6.07 Å². The lowest BCUT2D eigenvalue weighted by Crippen LogP contribution is -2.14. The predicted molar refractivity (Wildman–Crippen MR) is 66.6 cm³/mol. The van der Waals surface area contributed by atoms with Crippen molar-refractivity contribution in [3.05, 3.63) is 22.2 Å². The summed E-state index contributed by atoms with van der Waals surface area (Å²) in [7, 11) is 0. The van der Waals surface area contributed by atoms with Crippen LogP contribution in [0.25, 0.3) is 0 Å². The summed E-state index contributed by atoms with van der Waals surface area (Å²) in [6.07, 6.45) is 0.815. The number of nitrogen functional groups attached to an aromatic ring is 1. The fourth-order valence-electron chi connectivity index (χ4n) is 1.58. The molecule has 0 bridgehead atoms. The summed E-state index contributed by atoms with van der Waals surface area (Å²) in [5.41, 5.74) is 12.7. The molecular formula is C11H17BrN2O. The van der Waals surface area contributed by atoms with Gasteiger partial charge in [-0.2, -0.15) is 0 Å². The minimum Gasteiger partial charge on any atom is -0.505 e. The molecule has 1 aromatic carbocycles. The van der Waals surface area contributed by atoms with Crippen molar-refractivity contribution >= 4 is 21.6 Å². The highest BCUT2D eigenvalue weighted by Crippen LogP contribution is 2.37. The first-order chi connectivity index (χ1) is 6.93. The Kier molecular flexibility index (Phi) is 3.99. The number of hydrogen-bond acceptors (Lipinski definition) is 3. The van der Waals surface area contributed by atoms with E-state index in [9.17, 15) is 5.11 Å². The highest BCUT2D eigenvalue weighted by molar-refractivity contribution is 9.10. The first kappa shape index (κ1) is 12.3. The van der Waals surface area contributed by atoms with Crippen LogP contribution in [0.4, 0.5) is 5.69 Å². The number of phenolic OH excluding ortho intramolecular Hbond substituents is 1. The van der Waals surface area contributed by atoms with E-state index in [1.807, 2.05) is 6.07 Å². The third-order valence-corrected chi connectivity index (χ3v) is 2.98. The summed E-state index contributed by atoms with van der Waals surface area (Å²) in [5.74, 6) is 0.574. The Bertz CT molecular complexity index is 353. The molecular weight excluding hydrogens is 256 g/mol. The zero-order valence-corrected chi connectivity index (χ0v) is 10.6. The van der Waals surface area contributed by atoms with Gasteiger partial charge < -0.3 is 16.6 Å². The number of benzene rings is 1. The van der Waals surface area contributed by atoms with Crippen molar-refractivity contribution in [1.82, 2.24) is 0 Å². The number of rotatable bonds is 3. The van der Waals surface area contributed by atoms with E-state index in [4.69, 9.17) is 11.5 Å². The van der Waals surface area contributed by atoms with E-state index in [2.05, 4.69) is 29.8 Å². The zero-order valence-electron chi connectivity index (χ0n) is 9.00.